The van der Waals surface area contributed by atoms with Gasteiger partial charge in [-0.05, 0) is 36.4 Å². The second-order valence-corrected chi connectivity index (χ2v) is 8.57. The Morgan fingerprint density at radius 3 is 2.56 bits per heavy atom. The summed E-state index contributed by atoms with van der Waals surface area (Å²) in [4.78, 5) is 12.5. The molecule has 1 aromatic heterocycles. The molecule has 1 heterocycles. The maximum atomic E-state index is 12.5. The first kappa shape index (κ1) is 24.3. The molecule has 168 valence electrons. The number of carbonyl (C=O) groups excluding carboxylic acids is 1. The van der Waals surface area contributed by atoms with E-state index in [0.717, 1.165) is 0 Å². The monoisotopic (exact) mass is 512 g/mol. The highest BCUT2D eigenvalue weighted by Gasteiger charge is 2.16. The number of ether oxygens (including phenoxy) is 2. The Morgan fingerprint density at radius 2 is 1.88 bits per heavy atom. The molecule has 0 aliphatic carbocycles. The summed E-state index contributed by atoms with van der Waals surface area (Å²) < 4.78 is 12.8. The molecule has 11 heteroatoms. The van der Waals surface area contributed by atoms with Crippen LogP contribution in [0.3, 0.4) is 0 Å². The molecule has 0 fully saturated rings. The van der Waals surface area contributed by atoms with E-state index in [9.17, 15) is 4.79 Å². The summed E-state index contributed by atoms with van der Waals surface area (Å²) in [5, 5.41) is 13.1. The van der Waals surface area contributed by atoms with Gasteiger partial charge < -0.3 is 14.8 Å². The molecule has 3 aromatic rings. The smallest absolute Gasteiger partial charge is 0.234 e. The van der Waals surface area contributed by atoms with Crippen molar-refractivity contribution >= 4 is 58.2 Å². The lowest BCUT2D eigenvalue weighted by molar-refractivity contribution is -0.113. The molecule has 0 saturated heterocycles. The van der Waals surface area contributed by atoms with Crippen LogP contribution in [0.5, 0.6) is 11.5 Å². The van der Waals surface area contributed by atoms with Gasteiger partial charge in [-0.3, -0.25) is 9.36 Å². The molecule has 32 heavy (non-hydrogen) atoms. The topological polar surface area (TPSA) is 78.3 Å². The van der Waals surface area contributed by atoms with Crippen molar-refractivity contribution in [1.29, 1.82) is 0 Å². The van der Waals surface area contributed by atoms with Crippen LogP contribution in [0, 0.1) is 0 Å². The average molecular weight is 514 g/mol. The van der Waals surface area contributed by atoms with E-state index in [4.69, 9.17) is 44.3 Å². The van der Waals surface area contributed by atoms with Gasteiger partial charge in [0.05, 0.1) is 23.6 Å². The van der Waals surface area contributed by atoms with Gasteiger partial charge in [-0.1, -0.05) is 52.6 Å². The van der Waals surface area contributed by atoms with E-state index in [2.05, 4.69) is 22.1 Å². The van der Waals surface area contributed by atoms with Crippen molar-refractivity contribution in [3.8, 4) is 11.5 Å². The largest absolute Gasteiger partial charge is 0.495 e. The van der Waals surface area contributed by atoms with Gasteiger partial charge in [0.25, 0.3) is 0 Å². The number of nitrogens with one attached hydrogen (secondary N) is 1. The van der Waals surface area contributed by atoms with Crippen LogP contribution in [0.15, 0.2) is 54.2 Å². The third kappa shape index (κ3) is 6.32. The Morgan fingerprint density at radius 1 is 1.16 bits per heavy atom. The fraction of sp³-hybridized carbons (Fsp3) is 0.190. The molecule has 0 spiro atoms. The fourth-order valence-corrected chi connectivity index (χ4v) is 4.08. The number of allylic oxidation sites excluding steroid dienone is 1. The molecule has 0 atom stereocenters. The number of benzene rings is 2. The number of aromatic nitrogens is 3. The lowest BCUT2D eigenvalue weighted by Crippen LogP contribution is -2.15. The first-order valence-corrected chi connectivity index (χ1v) is 11.4. The number of nitrogens with zero attached hydrogens (tertiary/aromatic N) is 3. The highest BCUT2D eigenvalue weighted by molar-refractivity contribution is 7.99. The van der Waals surface area contributed by atoms with Crippen LogP contribution in [-0.2, 0) is 17.9 Å². The summed E-state index contributed by atoms with van der Waals surface area (Å²) in [6.45, 7) is 4.35. The molecule has 0 aliphatic heterocycles. The summed E-state index contributed by atoms with van der Waals surface area (Å²) in [7, 11) is 1.52. The molecule has 0 unspecified atom stereocenters. The average Bonchev–Trinajstić information content (AvgIpc) is 3.14. The van der Waals surface area contributed by atoms with Crippen LogP contribution in [-0.4, -0.2) is 33.5 Å². The maximum absolute atomic E-state index is 12.5. The number of hydrogen-bond donors (Lipinski definition) is 1. The molecule has 2 aromatic carbocycles. The van der Waals surface area contributed by atoms with Crippen LogP contribution < -0.4 is 14.8 Å². The standard InChI is InChI=1S/C21H19Cl3N4O3S/c1-3-8-28-19(11-31-17-6-4-13(22)9-15(17)24)26-27-21(28)32-12-20(29)25-16-10-14(23)5-7-18(16)30-2/h3-7,9-10H,1,8,11-12H2,2H3,(H,25,29). The zero-order valence-corrected chi connectivity index (χ0v) is 20.1. The van der Waals surface area contributed by atoms with Gasteiger partial charge in [0, 0.05) is 16.6 Å². The summed E-state index contributed by atoms with van der Waals surface area (Å²) in [5.41, 5.74) is 0.493. The Balaban J connectivity index is 1.65. The Bertz CT molecular complexity index is 1120. The lowest BCUT2D eigenvalue weighted by atomic mass is 10.3. The van der Waals surface area contributed by atoms with Crippen molar-refractivity contribution in [2.24, 2.45) is 0 Å². The van der Waals surface area contributed by atoms with E-state index in [-0.39, 0.29) is 18.3 Å². The highest BCUT2D eigenvalue weighted by atomic mass is 35.5. The van der Waals surface area contributed by atoms with E-state index in [1.165, 1.54) is 18.9 Å². The number of halogens is 3. The molecular weight excluding hydrogens is 495 g/mol. The quantitative estimate of drug-likeness (QED) is 0.275. The van der Waals surface area contributed by atoms with Crippen LogP contribution in [0.4, 0.5) is 5.69 Å². The summed E-state index contributed by atoms with van der Waals surface area (Å²) in [5.74, 6) is 1.43. The van der Waals surface area contributed by atoms with Gasteiger partial charge >= 0.3 is 0 Å². The van der Waals surface area contributed by atoms with Crippen molar-refractivity contribution in [3.63, 3.8) is 0 Å². The highest BCUT2D eigenvalue weighted by Crippen LogP contribution is 2.29. The fourth-order valence-electron chi connectivity index (χ4n) is 2.67. The normalized spacial score (nSPS) is 10.6. The SMILES string of the molecule is C=CCn1c(COc2ccc(Cl)cc2Cl)nnc1SCC(=O)Nc1cc(Cl)ccc1OC. The first-order chi connectivity index (χ1) is 15.4. The van der Waals surface area contributed by atoms with E-state index >= 15 is 0 Å². The predicted molar refractivity (Wildman–Crippen MR) is 128 cm³/mol. The van der Waals surface area contributed by atoms with E-state index in [1.807, 2.05) is 4.57 Å². The van der Waals surface area contributed by atoms with Gasteiger partial charge in [-0.15, -0.1) is 16.8 Å². The van der Waals surface area contributed by atoms with Crippen molar-refractivity contribution in [3.05, 3.63) is 69.9 Å². The van der Waals surface area contributed by atoms with Gasteiger partial charge in [0.15, 0.2) is 11.0 Å². The van der Waals surface area contributed by atoms with Gasteiger partial charge in [0.1, 0.15) is 18.1 Å². The lowest BCUT2D eigenvalue weighted by Gasteiger charge is -2.11. The maximum Gasteiger partial charge on any atom is 0.234 e. The first-order valence-electron chi connectivity index (χ1n) is 9.28. The minimum Gasteiger partial charge on any atom is -0.495 e. The molecule has 0 saturated carbocycles. The summed E-state index contributed by atoms with van der Waals surface area (Å²) in [6.07, 6.45) is 1.71. The molecule has 1 N–H and O–H groups in total. The summed E-state index contributed by atoms with van der Waals surface area (Å²) in [6, 6.07) is 9.96. The number of thioether (sulfide) groups is 1. The second kappa shape index (κ2) is 11.5. The molecule has 0 bridgehead atoms. The van der Waals surface area contributed by atoms with Crippen LogP contribution >= 0.6 is 46.6 Å². The van der Waals surface area contributed by atoms with Crippen LogP contribution in [0.2, 0.25) is 15.1 Å². The summed E-state index contributed by atoms with van der Waals surface area (Å²) >= 11 is 19.3. The molecular formula is C21H19Cl3N4O3S. The Labute approximate surface area is 204 Å². The number of hydrogen-bond acceptors (Lipinski definition) is 6. The zero-order chi connectivity index (χ0) is 23.1. The Hall–Kier alpha value is -2.39. The third-order valence-electron chi connectivity index (χ3n) is 4.12. The van der Waals surface area contributed by atoms with Crippen molar-refractivity contribution in [1.82, 2.24) is 14.8 Å². The van der Waals surface area contributed by atoms with Crippen LogP contribution in [0.1, 0.15) is 5.82 Å². The van der Waals surface area contributed by atoms with Crippen molar-refractivity contribution in [2.45, 2.75) is 18.3 Å². The Kier molecular flexibility index (Phi) is 8.69. The second-order valence-electron chi connectivity index (χ2n) is 6.34. The zero-order valence-electron chi connectivity index (χ0n) is 17.0. The van der Waals surface area contributed by atoms with E-state index < -0.39 is 0 Å². The molecule has 0 aliphatic rings. The predicted octanol–water partition coefficient (Wildman–Crippen LogP) is 5.74. The van der Waals surface area contributed by atoms with Crippen molar-refractivity contribution in [2.75, 3.05) is 18.2 Å². The van der Waals surface area contributed by atoms with E-state index in [0.29, 0.717) is 49.8 Å². The molecule has 7 nitrogen and oxygen atoms in total. The third-order valence-corrected chi connectivity index (χ3v) is 5.86. The van der Waals surface area contributed by atoms with Gasteiger partial charge in [-0.25, -0.2) is 0 Å². The minimum atomic E-state index is -0.241. The number of rotatable bonds is 10. The number of methoxy groups -OCH3 is 1. The minimum absolute atomic E-state index is 0.106. The van der Waals surface area contributed by atoms with Crippen molar-refractivity contribution < 1.29 is 14.3 Å². The van der Waals surface area contributed by atoms with Gasteiger partial charge in [0.2, 0.25) is 5.91 Å². The van der Waals surface area contributed by atoms with Gasteiger partial charge in [-0.2, -0.15) is 0 Å². The molecule has 1 amide bonds. The molecule has 0 radical (unpaired) electrons. The number of carbonyl (C=O) groups is 1. The van der Waals surface area contributed by atoms with E-state index in [1.54, 1.807) is 42.5 Å². The number of anilines is 1. The number of amides is 1. The molecule has 3 rings (SSSR count). The van der Waals surface area contributed by atoms with Crippen LogP contribution in [0.25, 0.3) is 0 Å².